The van der Waals surface area contributed by atoms with Crippen molar-refractivity contribution < 1.29 is 9.52 Å². The third kappa shape index (κ3) is 1.42. The molecule has 1 heterocycles. The zero-order chi connectivity index (χ0) is 10.1. The van der Waals surface area contributed by atoms with Crippen LogP contribution in [0.4, 0.5) is 0 Å². The molecule has 0 unspecified atom stereocenters. The second-order valence-corrected chi connectivity index (χ2v) is 3.23. The monoisotopic (exact) mass is 190 g/mol. The van der Waals surface area contributed by atoms with Crippen molar-refractivity contribution in [3.63, 3.8) is 0 Å². The first-order valence-electron chi connectivity index (χ1n) is 4.35. The van der Waals surface area contributed by atoms with E-state index in [-0.39, 0.29) is 12.2 Å². The molecular formula is C11H10O3. The normalized spacial score (nSPS) is 10.7. The van der Waals surface area contributed by atoms with Crippen molar-refractivity contribution in [2.24, 2.45) is 0 Å². The largest absolute Gasteiger partial charge is 0.423 e. The topological polar surface area (TPSA) is 50.4 Å². The number of aliphatic hydroxyl groups excluding tert-OH is 1. The molecule has 0 aliphatic rings. The van der Waals surface area contributed by atoms with Gasteiger partial charge in [-0.25, -0.2) is 4.79 Å². The molecule has 0 atom stereocenters. The van der Waals surface area contributed by atoms with Crippen molar-refractivity contribution >= 4 is 11.0 Å². The van der Waals surface area contributed by atoms with Crippen molar-refractivity contribution in [2.45, 2.75) is 13.5 Å². The summed E-state index contributed by atoms with van der Waals surface area (Å²) in [5.74, 6) is 0. The fourth-order valence-electron chi connectivity index (χ4n) is 1.43. The minimum absolute atomic E-state index is 0.000893. The lowest BCUT2D eigenvalue weighted by Crippen LogP contribution is -1.96. The third-order valence-electron chi connectivity index (χ3n) is 2.25. The molecule has 0 radical (unpaired) electrons. The number of rotatable bonds is 1. The molecule has 0 spiro atoms. The minimum Gasteiger partial charge on any atom is -0.423 e. The summed E-state index contributed by atoms with van der Waals surface area (Å²) in [4.78, 5) is 10.9. The molecule has 0 bridgehead atoms. The average Bonchev–Trinajstić information content (AvgIpc) is 2.16. The Balaban J connectivity index is 2.79. The van der Waals surface area contributed by atoms with Crippen LogP contribution < -0.4 is 5.63 Å². The van der Waals surface area contributed by atoms with E-state index in [0.29, 0.717) is 5.58 Å². The fourth-order valence-corrected chi connectivity index (χ4v) is 1.43. The molecule has 0 fully saturated rings. The van der Waals surface area contributed by atoms with Crippen molar-refractivity contribution in [2.75, 3.05) is 0 Å². The number of benzene rings is 1. The molecule has 0 saturated heterocycles. The highest BCUT2D eigenvalue weighted by molar-refractivity contribution is 5.78. The zero-order valence-electron chi connectivity index (χ0n) is 7.78. The van der Waals surface area contributed by atoms with Crippen LogP contribution >= 0.6 is 0 Å². The molecule has 2 rings (SSSR count). The van der Waals surface area contributed by atoms with E-state index in [2.05, 4.69) is 0 Å². The highest BCUT2D eigenvalue weighted by atomic mass is 16.4. The zero-order valence-corrected chi connectivity index (χ0v) is 7.78. The number of hydrogen-bond donors (Lipinski definition) is 1. The molecule has 14 heavy (non-hydrogen) atoms. The average molecular weight is 190 g/mol. The Labute approximate surface area is 80.6 Å². The number of aliphatic hydroxyl groups is 1. The Morgan fingerprint density at radius 2 is 2.14 bits per heavy atom. The van der Waals surface area contributed by atoms with Gasteiger partial charge in [-0.15, -0.1) is 0 Å². The molecule has 1 aromatic carbocycles. The van der Waals surface area contributed by atoms with Crippen molar-refractivity contribution in [1.82, 2.24) is 0 Å². The van der Waals surface area contributed by atoms with Gasteiger partial charge in [0.2, 0.25) is 0 Å². The van der Waals surface area contributed by atoms with Crippen LogP contribution in [-0.4, -0.2) is 5.11 Å². The van der Waals surface area contributed by atoms with E-state index in [1.807, 2.05) is 13.0 Å². The van der Waals surface area contributed by atoms with Crippen molar-refractivity contribution in [3.05, 3.63) is 45.8 Å². The molecule has 0 saturated carbocycles. The van der Waals surface area contributed by atoms with Gasteiger partial charge < -0.3 is 9.52 Å². The predicted molar refractivity (Wildman–Crippen MR) is 53.1 cm³/mol. The first-order chi connectivity index (χ1) is 6.70. The Bertz CT molecular complexity index is 526. The van der Waals surface area contributed by atoms with Gasteiger partial charge in [-0.3, -0.25) is 0 Å². The van der Waals surface area contributed by atoms with E-state index in [9.17, 15) is 4.79 Å². The standard InChI is InChI=1S/C11H10O3/c1-7-4-10-8(5-9(7)6-12)2-3-11(13)14-10/h2-5,12H,6H2,1H3. The van der Waals surface area contributed by atoms with Crippen LogP contribution in [0.1, 0.15) is 11.1 Å². The van der Waals surface area contributed by atoms with Crippen LogP contribution in [0.3, 0.4) is 0 Å². The van der Waals surface area contributed by atoms with E-state index in [0.717, 1.165) is 16.5 Å². The van der Waals surface area contributed by atoms with Crippen molar-refractivity contribution in [1.29, 1.82) is 0 Å². The summed E-state index contributed by atoms with van der Waals surface area (Å²) in [7, 11) is 0. The van der Waals surface area contributed by atoms with Gasteiger partial charge in [0.05, 0.1) is 6.61 Å². The molecule has 72 valence electrons. The van der Waals surface area contributed by atoms with E-state index in [1.54, 1.807) is 12.1 Å². The van der Waals surface area contributed by atoms with E-state index in [4.69, 9.17) is 9.52 Å². The van der Waals surface area contributed by atoms with Crippen LogP contribution in [0.15, 0.2) is 33.5 Å². The van der Waals surface area contributed by atoms with Crippen LogP contribution in [-0.2, 0) is 6.61 Å². The van der Waals surface area contributed by atoms with Gasteiger partial charge in [0.15, 0.2) is 0 Å². The lowest BCUT2D eigenvalue weighted by molar-refractivity contribution is 0.281. The van der Waals surface area contributed by atoms with Crippen LogP contribution in [0.2, 0.25) is 0 Å². The van der Waals surface area contributed by atoms with Crippen LogP contribution in [0.25, 0.3) is 11.0 Å². The van der Waals surface area contributed by atoms with Crippen LogP contribution in [0.5, 0.6) is 0 Å². The fraction of sp³-hybridized carbons (Fsp3) is 0.182. The number of hydrogen-bond acceptors (Lipinski definition) is 3. The summed E-state index contributed by atoms with van der Waals surface area (Å²) in [6.45, 7) is 1.87. The van der Waals surface area contributed by atoms with E-state index < -0.39 is 0 Å². The van der Waals surface area contributed by atoms with E-state index >= 15 is 0 Å². The molecular weight excluding hydrogens is 180 g/mol. The van der Waals surface area contributed by atoms with Crippen molar-refractivity contribution in [3.8, 4) is 0 Å². The maximum absolute atomic E-state index is 10.9. The van der Waals surface area contributed by atoms with E-state index in [1.165, 1.54) is 6.07 Å². The molecule has 0 aliphatic heterocycles. The molecule has 1 N–H and O–H groups in total. The Morgan fingerprint density at radius 1 is 1.36 bits per heavy atom. The molecule has 3 nitrogen and oxygen atoms in total. The van der Waals surface area contributed by atoms with Gasteiger partial charge in [-0.1, -0.05) is 0 Å². The van der Waals surface area contributed by atoms with Gasteiger partial charge in [-0.2, -0.15) is 0 Å². The third-order valence-corrected chi connectivity index (χ3v) is 2.25. The highest BCUT2D eigenvalue weighted by Crippen LogP contribution is 2.18. The van der Waals surface area contributed by atoms with Gasteiger partial charge in [-0.05, 0) is 36.2 Å². The van der Waals surface area contributed by atoms with Crippen LogP contribution in [0, 0.1) is 6.92 Å². The first-order valence-corrected chi connectivity index (χ1v) is 4.35. The summed E-state index contributed by atoms with van der Waals surface area (Å²) in [5, 5.41) is 9.87. The first kappa shape index (κ1) is 8.97. The SMILES string of the molecule is Cc1cc2oc(=O)ccc2cc1CO. The van der Waals surface area contributed by atoms with Gasteiger partial charge in [0.1, 0.15) is 5.58 Å². The Hall–Kier alpha value is -1.61. The molecule has 3 heteroatoms. The smallest absolute Gasteiger partial charge is 0.336 e. The molecule has 0 aliphatic carbocycles. The molecule has 1 aromatic heterocycles. The van der Waals surface area contributed by atoms with Gasteiger partial charge >= 0.3 is 5.63 Å². The Kier molecular flexibility index (Phi) is 2.09. The predicted octanol–water partition coefficient (Wildman–Crippen LogP) is 1.59. The lowest BCUT2D eigenvalue weighted by Gasteiger charge is -2.03. The number of fused-ring (bicyclic) bond motifs is 1. The minimum atomic E-state index is -0.353. The second kappa shape index (κ2) is 3.27. The summed E-state index contributed by atoms with van der Waals surface area (Å²) in [5.41, 5.74) is 1.99. The summed E-state index contributed by atoms with van der Waals surface area (Å²) in [6.07, 6.45) is 0. The summed E-state index contributed by atoms with van der Waals surface area (Å²) >= 11 is 0. The quantitative estimate of drug-likeness (QED) is 0.695. The highest BCUT2D eigenvalue weighted by Gasteiger charge is 2.02. The van der Waals surface area contributed by atoms with Gasteiger partial charge in [0.25, 0.3) is 0 Å². The second-order valence-electron chi connectivity index (χ2n) is 3.23. The molecule has 0 amide bonds. The van der Waals surface area contributed by atoms with Gasteiger partial charge in [0, 0.05) is 11.5 Å². The summed E-state index contributed by atoms with van der Waals surface area (Å²) in [6, 6.07) is 6.66. The Morgan fingerprint density at radius 3 is 2.86 bits per heavy atom. The maximum atomic E-state index is 10.9. The summed E-state index contributed by atoms with van der Waals surface area (Å²) < 4.78 is 5.00. The lowest BCUT2D eigenvalue weighted by atomic mass is 10.1. The maximum Gasteiger partial charge on any atom is 0.336 e. The molecule has 2 aromatic rings. The number of aryl methyl sites for hydroxylation is 1.